The number of rotatable bonds is 3. The first kappa shape index (κ1) is 14.4. The number of carbonyl (C=O) groups is 1. The van der Waals surface area contributed by atoms with Gasteiger partial charge in [0, 0.05) is 5.56 Å². The third kappa shape index (κ3) is 2.62. The predicted molar refractivity (Wildman–Crippen MR) is 80.0 cm³/mol. The van der Waals surface area contributed by atoms with Crippen LogP contribution in [0, 0.1) is 0 Å². The Hall–Kier alpha value is -2.54. The lowest BCUT2D eigenvalue weighted by Crippen LogP contribution is -2.10. The predicted octanol–water partition coefficient (Wildman–Crippen LogP) is 2.82. The van der Waals surface area contributed by atoms with E-state index < -0.39 is 6.09 Å². The quantitative estimate of drug-likeness (QED) is 0.938. The van der Waals surface area contributed by atoms with Gasteiger partial charge >= 0.3 is 12.1 Å². The van der Waals surface area contributed by atoms with Crippen molar-refractivity contribution >= 4 is 28.8 Å². The minimum Gasteiger partial charge on any atom is -0.494 e. The van der Waals surface area contributed by atoms with Crippen LogP contribution in [-0.2, 0) is 9.47 Å². The lowest BCUT2D eigenvalue weighted by molar-refractivity contribution is 0.161. The number of amides is 1. The molecule has 0 bridgehead atoms. The molecule has 7 heteroatoms. The number of nitrogens with one attached hydrogen (secondary N) is 1. The van der Waals surface area contributed by atoms with Crippen molar-refractivity contribution in [2.45, 2.75) is 6.42 Å². The number of methoxy groups -OCH3 is 2. The molecule has 1 N–H and O–H groups in total. The van der Waals surface area contributed by atoms with Gasteiger partial charge in [-0.1, -0.05) is 6.08 Å². The maximum Gasteiger partial charge on any atom is 0.414 e. The average molecular weight is 304 g/mol. The molecule has 0 saturated heterocycles. The lowest BCUT2D eigenvalue weighted by Gasteiger charge is -2.14. The van der Waals surface area contributed by atoms with Gasteiger partial charge in [0.1, 0.15) is 5.75 Å². The number of oxazole rings is 1. The van der Waals surface area contributed by atoms with Gasteiger partial charge in [-0.25, -0.2) is 10.1 Å². The zero-order chi connectivity index (χ0) is 15.5. The Bertz CT molecular complexity index is 735. The van der Waals surface area contributed by atoms with Crippen LogP contribution in [0.1, 0.15) is 12.0 Å². The van der Waals surface area contributed by atoms with Gasteiger partial charge < -0.3 is 18.6 Å². The van der Waals surface area contributed by atoms with Crippen molar-refractivity contribution in [2.24, 2.45) is 0 Å². The maximum absolute atomic E-state index is 11.3. The van der Waals surface area contributed by atoms with Crippen molar-refractivity contribution in [3.8, 4) is 5.75 Å². The van der Waals surface area contributed by atoms with Gasteiger partial charge in [0.15, 0.2) is 11.1 Å². The maximum atomic E-state index is 11.3. The van der Waals surface area contributed by atoms with Crippen LogP contribution in [0.2, 0.25) is 0 Å². The van der Waals surface area contributed by atoms with E-state index in [9.17, 15) is 4.79 Å². The fourth-order valence-electron chi connectivity index (χ4n) is 2.36. The minimum absolute atomic E-state index is 0.0697. The van der Waals surface area contributed by atoms with Crippen LogP contribution in [0.4, 0.5) is 10.8 Å². The average Bonchev–Trinajstić information content (AvgIpc) is 2.97. The molecule has 1 amide bonds. The molecule has 1 aromatic carbocycles. The van der Waals surface area contributed by atoms with Crippen molar-refractivity contribution in [3.05, 3.63) is 23.8 Å². The molecule has 2 heterocycles. The van der Waals surface area contributed by atoms with E-state index in [4.69, 9.17) is 13.9 Å². The summed E-state index contributed by atoms with van der Waals surface area (Å²) in [6.07, 6.45) is 2.17. The van der Waals surface area contributed by atoms with Crippen molar-refractivity contribution < 1.29 is 23.4 Å². The van der Waals surface area contributed by atoms with Crippen LogP contribution in [0.3, 0.4) is 0 Å². The van der Waals surface area contributed by atoms with Gasteiger partial charge in [-0.15, -0.1) is 0 Å². The topological polar surface area (TPSA) is 82.8 Å². The van der Waals surface area contributed by atoms with E-state index in [2.05, 4.69) is 15.0 Å². The van der Waals surface area contributed by atoms with Crippen LogP contribution < -0.4 is 10.1 Å². The minimum atomic E-state index is -0.641. The summed E-state index contributed by atoms with van der Waals surface area (Å²) in [5.74, 6) is 0.577. The summed E-state index contributed by atoms with van der Waals surface area (Å²) in [5, 5.41) is 2.42. The van der Waals surface area contributed by atoms with E-state index in [1.807, 2.05) is 18.2 Å². The summed E-state index contributed by atoms with van der Waals surface area (Å²) in [7, 11) is 2.83. The Morgan fingerprint density at radius 1 is 1.36 bits per heavy atom. The van der Waals surface area contributed by atoms with Gasteiger partial charge in [-0.05, 0) is 24.1 Å². The molecule has 2 aromatic rings. The molecule has 22 heavy (non-hydrogen) atoms. The van der Waals surface area contributed by atoms with Crippen LogP contribution in [0.15, 0.2) is 22.6 Å². The first-order chi connectivity index (χ1) is 10.7. The van der Waals surface area contributed by atoms with E-state index in [1.165, 1.54) is 7.11 Å². The van der Waals surface area contributed by atoms with Crippen molar-refractivity contribution in [2.75, 3.05) is 32.8 Å². The third-order valence-corrected chi connectivity index (χ3v) is 3.43. The van der Waals surface area contributed by atoms with Crippen molar-refractivity contribution in [1.82, 2.24) is 4.98 Å². The molecule has 0 spiro atoms. The Kier molecular flexibility index (Phi) is 3.97. The Labute approximate surface area is 126 Å². The molecule has 0 aliphatic carbocycles. The number of ether oxygens (including phenoxy) is 3. The number of hydrogen-bond donors (Lipinski definition) is 1. The summed E-state index contributed by atoms with van der Waals surface area (Å²) in [4.78, 5) is 15.6. The van der Waals surface area contributed by atoms with Crippen molar-refractivity contribution in [1.29, 1.82) is 0 Å². The Morgan fingerprint density at radius 2 is 2.23 bits per heavy atom. The summed E-state index contributed by atoms with van der Waals surface area (Å²) in [5.41, 5.74) is 3.17. The molecule has 0 atom stereocenters. The zero-order valence-electron chi connectivity index (χ0n) is 12.3. The van der Waals surface area contributed by atoms with E-state index in [0.29, 0.717) is 30.1 Å². The fraction of sp³-hybridized carbons (Fsp3) is 0.333. The third-order valence-electron chi connectivity index (χ3n) is 3.43. The molecule has 3 rings (SSSR count). The Morgan fingerprint density at radius 3 is 2.91 bits per heavy atom. The highest BCUT2D eigenvalue weighted by molar-refractivity contribution is 5.93. The molecule has 1 aliphatic heterocycles. The molecule has 0 saturated carbocycles. The molecule has 0 radical (unpaired) electrons. The Balaban J connectivity index is 2.09. The van der Waals surface area contributed by atoms with Gasteiger partial charge in [0.25, 0.3) is 0 Å². The van der Waals surface area contributed by atoms with Crippen LogP contribution >= 0.6 is 0 Å². The number of nitrogens with zero attached hydrogens (tertiary/aromatic N) is 1. The highest BCUT2D eigenvalue weighted by Crippen LogP contribution is 2.35. The molecule has 0 unspecified atom stereocenters. The van der Waals surface area contributed by atoms with Gasteiger partial charge in [0.05, 0.1) is 27.4 Å². The molecule has 116 valence electrons. The molecule has 1 aromatic heterocycles. The van der Waals surface area contributed by atoms with Gasteiger partial charge in [0.2, 0.25) is 0 Å². The smallest absolute Gasteiger partial charge is 0.414 e. The first-order valence-electron chi connectivity index (χ1n) is 6.82. The summed E-state index contributed by atoms with van der Waals surface area (Å²) in [6.45, 7) is 1.24. The molecular weight excluding hydrogens is 288 g/mol. The summed E-state index contributed by atoms with van der Waals surface area (Å²) in [6, 6.07) is 3.82. The van der Waals surface area contributed by atoms with E-state index in [0.717, 1.165) is 17.6 Å². The normalized spacial score (nSPS) is 14.5. The van der Waals surface area contributed by atoms with E-state index >= 15 is 0 Å². The number of anilines is 1. The van der Waals surface area contributed by atoms with E-state index in [-0.39, 0.29) is 6.01 Å². The van der Waals surface area contributed by atoms with E-state index in [1.54, 1.807) is 7.11 Å². The second-order valence-corrected chi connectivity index (χ2v) is 4.68. The zero-order valence-corrected chi connectivity index (χ0v) is 12.3. The highest BCUT2D eigenvalue weighted by atomic mass is 16.5. The largest absolute Gasteiger partial charge is 0.494 e. The summed E-state index contributed by atoms with van der Waals surface area (Å²) >= 11 is 0. The van der Waals surface area contributed by atoms with Crippen LogP contribution in [0.5, 0.6) is 5.75 Å². The molecule has 7 nitrogen and oxygen atoms in total. The summed E-state index contributed by atoms with van der Waals surface area (Å²) < 4.78 is 20.9. The van der Waals surface area contributed by atoms with Crippen molar-refractivity contribution in [3.63, 3.8) is 0 Å². The first-order valence-corrected chi connectivity index (χ1v) is 6.82. The number of benzene rings is 1. The number of aromatic nitrogens is 1. The fourth-order valence-corrected chi connectivity index (χ4v) is 2.36. The number of hydrogen-bond acceptors (Lipinski definition) is 6. The monoisotopic (exact) mass is 304 g/mol. The molecular formula is C15H16N2O5. The second-order valence-electron chi connectivity index (χ2n) is 4.68. The number of fused-ring (bicyclic) bond motifs is 1. The lowest BCUT2D eigenvalue weighted by atomic mass is 10.0. The van der Waals surface area contributed by atoms with Gasteiger partial charge in [-0.2, -0.15) is 4.98 Å². The van der Waals surface area contributed by atoms with Crippen LogP contribution in [-0.4, -0.2) is 38.5 Å². The van der Waals surface area contributed by atoms with Crippen LogP contribution in [0.25, 0.3) is 16.7 Å². The number of carbonyl (C=O) groups excluding carboxylic acids is 1. The second kappa shape index (κ2) is 6.07. The molecule has 0 fully saturated rings. The standard InChI is InChI=1S/C15H16N2O5/c1-19-11-4-3-10(9-5-7-21-8-6-9)13-12(11)16-14(22-13)17-15(18)20-2/h3-5H,6-8H2,1-2H3,(H,16,17,18). The highest BCUT2D eigenvalue weighted by Gasteiger charge is 2.19. The SMILES string of the molecule is COC(=O)Nc1nc2c(OC)ccc(C3=CCOCC3)c2o1. The van der Waals surface area contributed by atoms with Gasteiger partial charge in [-0.3, -0.25) is 0 Å². The molecule has 1 aliphatic rings.